The maximum atomic E-state index is 12.5. The summed E-state index contributed by atoms with van der Waals surface area (Å²) in [4.78, 5) is 17.1. The zero-order chi connectivity index (χ0) is 18.7. The molecule has 0 aliphatic heterocycles. The van der Waals surface area contributed by atoms with E-state index in [0.29, 0.717) is 33.7 Å². The van der Waals surface area contributed by atoms with Crippen LogP contribution in [0.4, 0.5) is 0 Å². The maximum absolute atomic E-state index is 12.5. The van der Waals surface area contributed by atoms with Crippen molar-refractivity contribution < 1.29 is 14.3 Å². The molecule has 7 nitrogen and oxygen atoms in total. The molecular weight excluding hydrogens is 332 g/mol. The molecule has 1 heterocycles. The summed E-state index contributed by atoms with van der Waals surface area (Å²) in [6.45, 7) is 0. The first-order chi connectivity index (χ1) is 12.5. The van der Waals surface area contributed by atoms with Gasteiger partial charge in [0, 0.05) is 17.0 Å². The molecule has 0 unspecified atom stereocenters. The van der Waals surface area contributed by atoms with Gasteiger partial charge in [-0.3, -0.25) is 15.5 Å². The first-order valence-corrected chi connectivity index (χ1v) is 7.81. The average molecular weight is 350 g/mol. The van der Waals surface area contributed by atoms with E-state index in [0.717, 1.165) is 5.56 Å². The van der Waals surface area contributed by atoms with Gasteiger partial charge in [-0.2, -0.15) is 0 Å². The number of fused-ring (bicyclic) bond motifs is 1. The maximum Gasteiger partial charge on any atom is 0.258 e. The van der Waals surface area contributed by atoms with E-state index in [4.69, 9.17) is 20.6 Å². The molecule has 0 saturated heterocycles. The molecule has 1 aromatic heterocycles. The molecule has 0 aliphatic rings. The number of hydrogen-bond donors (Lipinski definition) is 3. The number of pyridine rings is 1. The molecule has 4 N–H and O–H groups in total. The highest BCUT2D eigenvalue weighted by Crippen LogP contribution is 2.34. The molecule has 7 heteroatoms. The predicted octanol–water partition coefficient (Wildman–Crippen LogP) is 2.54. The normalized spacial score (nSPS) is 10.4. The number of carbonyl (C=O) groups excluding carboxylic acids is 1. The van der Waals surface area contributed by atoms with Crippen LogP contribution in [0.25, 0.3) is 22.2 Å². The van der Waals surface area contributed by atoms with Crippen LogP contribution in [-0.4, -0.2) is 31.1 Å². The van der Waals surface area contributed by atoms with Gasteiger partial charge in [0.15, 0.2) is 5.96 Å². The molecular formula is C19H18N4O3. The summed E-state index contributed by atoms with van der Waals surface area (Å²) in [7, 11) is 3.13. The minimum Gasteiger partial charge on any atom is -0.497 e. The number of amides is 1. The van der Waals surface area contributed by atoms with Crippen molar-refractivity contribution in [1.82, 2.24) is 10.3 Å². The summed E-state index contributed by atoms with van der Waals surface area (Å²) in [6, 6.07) is 14.3. The number of rotatable bonds is 4. The second kappa shape index (κ2) is 7.10. The summed E-state index contributed by atoms with van der Waals surface area (Å²) >= 11 is 0. The fourth-order valence-electron chi connectivity index (χ4n) is 2.70. The van der Waals surface area contributed by atoms with Crippen molar-refractivity contribution in [3.8, 4) is 22.8 Å². The Morgan fingerprint density at radius 1 is 1.12 bits per heavy atom. The standard InChI is InChI=1S/C19H18N4O3/c1-25-11-7-8-13(17(9-11)26-2)16-10-14(18(24)23-19(20)21)12-5-3-4-6-15(12)22-16/h3-10H,1-2H3,(H4,20,21,23,24). The van der Waals surface area contributed by atoms with E-state index in [1.807, 2.05) is 24.3 Å². The lowest BCUT2D eigenvalue weighted by atomic mass is 10.0. The second-order valence-corrected chi connectivity index (χ2v) is 5.51. The van der Waals surface area contributed by atoms with Crippen molar-refractivity contribution in [1.29, 1.82) is 5.41 Å². The number of para-hydroxylation sites is 1. The van der Waals surface area contributed by atoms with Gasteiger partial charge in [0.1, 0.15) is 11.5 Å². The van der Waals surface area contributed by atoms with Crippen molar-refractivity contribution in [2.75, 3.05) is 14.2 Å². The first kappa shape index (κ1) is 17.2. The van der Waals surface area contributed by atoms with Crippen LogP contribution in [0.15, 0.2) is 48.5 Å². The Bertz CT molecular complexity index is 1000. The van der Waals surface area contributed by atoms with Crippen molar-refractivity contribution in [3.63, 3.8) is 0 Å². The van der Waals surface area contributed by atoms with Crippen LogP contribution in [0.5, 0.6) is 11.5 Å². The molecule has 2 aromatic carbocycles. The molecule has 0 fully saturated rings. The number of nitrogens with zero attached hydrogens (tertiary/aromatic N) is 1. The molecule has 132 valence electrons. The lowest BCUT2D eigenvalue weighted by Crippen LogP contribution is -2.35. The molecule has 0 aliphatic carbocycles. The highest BCUT2D eigenvalue weighted by Gasteiger charge is 2.16. The quantitative estimate of drug-likeness (QED) is 0.495. The van der Waals surface area contributed by atoms with Crippen molar-refractivity contribution in [2.24, 2.45) is 5.73 Å². The van der Waals surface area contributed by atoms with Gasteiger partial charge in [0.25, 0.3) is 5.91 Å². The smallest absolute Gasteiger partial charge is 0.258 e. The van der Waals surface area contributed by atoms with Gasteiger partial charge in [-0.05, 0) is 24.3 Å². The van der Waals surface area contributed by atoms with E-state index >= 15 is 0 Å². The summed E-state index contributed by atoms with van der Waals surface area (Å²) in [5.41, 5.74) is 7.61. The molecule has 1 amide bonds. The Kier molecular flexibility index (Phi) is 4.70. The fourth-order valence-corrected chi connectivity index (χ4v) is 2.70. The van der Waals surface area contributed by atoms with Crippen LogP contribution in [-0.2, 0) is 0 Å². The van der Waals surface area contributed by atoms with Crippen molar-refractivity contribution in [3.05, 3.63) is 54.1 Å². The van der Waals surface area contributed by atoms with E-state index in [2.05, 4.69) is 10.3 Å². The number of guanidine groups is 1. The monoisotopic (exact) mass is 350 g/mol. The Morgan fingerprint density at radius 2 is 1.88 bits per heavy atom. The van der Waals surface area contributed by atoms with E-state index in [1.165, 1.54) is 0 Å². The van der Waals surface area contributed by atoms with Crippen LogP contribution < -0.4 is 20.5 Å². The molecule has 3 rings (SSSR count). The van der Waals surface area contributed by atoms with Crippen LogP contribution in [0.2, 0.25) is 0 Å². The molecule has 0 radical (unpaired) electrons. The number of carbonyl (C=O) groups is 1. The Labute approximate surface area is 150 Å². The molecule has 26 heavy (non-hydrogen) atoms. The Balaban J connectivity index is 2.22. The van der Waals surface area contributed by atoms with Gasteiger partial charge < -0.3 is 15.2 Å². The minimum atomic E-state index is -0.468. The SMILES string of the molecule is COc1ccc(-c2cc(C(=O)NC(=N)N)c3ccccc3n2)c(OC)c1. The van der Waals surface area contributed by atoms with Crippen LogP contribution in [0.3, 0.4) is 0 Å². The summed E-state index contributed by atoms with van der Waals surface area (Å²) in [6.07, 6.45) is 0. The molecule has 0 spiro atoms. The molecule has 0 atom stereocenters. The summed E-state index contributed by atoms with van der Waals surface area (Å²) in [5, 5.41) is 10.3. The number of methoxy groups -OCH3 is 2. The van der Waals surface area contributed by atoms with Gasteiger partial charge in [0.2, 0.25) is 0 Å². The third-order valence-electron chi connectivity index (χ3n) is 3.89. The van der Waals surface area contributed by atoms with Crippen LogP contribution in [0.1, 0.15) is 10.4 Å². The Hall–Kier alpha value is -3.61. The number of benzene rings is 2. The number of nitrogens with one attached hydrogen (secondary N) is 2. The third kappa shape index (κ3) is 3.27. The number of ether oxygens (including phenoxy) is 2. The fraction of sp³-hybridized carbons (Fsp3) is 0.105. The zero-order valence-corrected chi connectivity index (χ0v) is 14.4. The first-order valence-electron chi connectivity index (χ1n) is 7.81. The van der Waals surface area contributed by atoms with Crippen molar-refractivity contribution >= 4 is 22.8 Å². The highest BCUT2D eigenvalue weighted by molar-refractivity contribution is 6.12. The van der Waals surface area contributed by atoms with Gasteiger partial charge in [-0.25, -0.2) is 4.98 Å². The van der Waals surface area contributed by atoms with Gasteiger partial charge in [-0.15, -0.1) is 0 Å². The van der Waals surface area contributed by atoms with E-state index in [9.17, 15) is 4.79 Å². The minimum absolute atomic E-state index is 0.374. The van der Waals surface area contributed by atoms with E-state index in [-0.39, 0.29) is 0 Å². The van der Waals surface area contributed by atoms with Gasteiger partial charge >= 0.3 is 0 Å². The number of nitrogens with two attached hydrogens (primary N) is 1. The Morgan fingerprint density at radius 3 is 2.58 bits per heavy atom. The van der Waals surface area contributed by atoms with Crippen LogP contribution >= 0.6 is 0 Å². The van der Waals surface area contributed by atoms with Crippen molar-refractivity contribution in [2.45, 2.75) is 0 Å². The topological polar surface area (TPSA) is 110 Å². The number of aromatic nitrogens is 1. The lowest BCUT2D eigenvalue weighted by Gasteiger charge is -2.13. The molecule has 3 aromatic rings. The van der Waals surface area contributed by atoms with E-state index < -0.39 is 11.9 Å². The molecule has 0 bridgehead atoms. The zero-order valence-electron chi connectivity index (χ0n) is 14.4. The largest absolute Gasteiger partial charge is 0.497 e. The summed E-state index contributed by atoms with van der Waals surface area (Å²) in [5.74, 6) is 0.343. The lowest BCUT2D eigenvalue weighted by molar-refractivity contribution is 0.0978. The van der Waals surface area contributed by atoms with Gasteiger partial charge in [0.05, 0.1) is 31.0 Å². The highest BCUT2D eigenvalue weighted by atomic mass is 16.5. The predicted molar refractivity (Wildman–Crippen MR) is 99.7 cm³/mol. The molecule has 0 saturated carbocycles. The number of hydrogen-bond acceptors (Lipinski definition) is 5. The average Bonchev–Trinajstić information content (AvgIpc) is 2.65. The van der Waals surface area contributed by atoms with Gasteiger partial charge in [-0.1, -0.05) is 18.2 Å². The van der Waals surface area contributed by atoms with E-state index in [1.54, 1.807) is 38.5 Å². The van der Waals surface area contributed by atoms with Crippen LogP contribution in [0, 0.1) is 5.41 Å². The third-order valence-corrected chi connectivity index (χ3v) is 3.89. The summed E-state index contributed by atoms with van der Waals surface area (Å²) < 4.78 is 10.7. The second-order valence-electron chi connectivity index (χ2n) is 5.51.